The van der Waals surface area contributed by atoms with Crippen LogP contribution in [0.25, 0.3) is 0 Å². The normalized spacial score (nSPS) is 10.1. The third kappa shape index (κ3) is 3.85. The number of aryl methyl sites for hydroxylation is 1. The lowest BCUT2D eigenvalue weighted by Gasteiger charge is -2.12. The molecule has 0 aliphatic rings. The van der Waals surface area contributed by atoms with Gasteiger partial charge < -0.3 is 19.4 Å². The summed E-state index contributed by atoms with van der Waals surface area (Å²) in [5, 5.41) is 10.3. The van der Waals surface area contributed by atoms with Crippen molar-refractivity contribution in [3.63, 3.8) is 0 Å². The van der Waals surface area contributed by atoms with Gasteiger partial charge in [-0.3, -0.25) is 0 Å². The highest BCUT2D eigenvalue weighted by atomic mass is 32.2. The van der Waals surface area contributed by atoms with Crippen molar-refractivity contribution in [2.24, 2.45) is 0 Å². The lowest BCUT2D eigenvalue weighted by Crippen LogP contribution is -2.24. The summed E-state index contributed by atoms with van der Waals surface area (Å²) >= 11 is 1.30. The molecule has 4 nitrogen and oxygen atoms in total. The zero-order valence-electron chi connectivity index (χ0n) is 10.1. The highest BCUT2D eigenvalue weighted by Gasteiger charge is 2.08. The maximum atomic E-state index is 10.3. The Balaban J connectivity index is 2.81. The van der Waals surface area contributed by atoms with Crippen molar-refractivity contribution in [2.75, 3.05) is 20.0 Å². The minimum absolute atomic E-state index is 0.00617. The Bertz CT molecular complexity index is 404. The number of carbonyl (C=O) groups excluding carboxylic acids is 1. The third-order valence-electron chi connectivity index (χ3n) is 2.32. The van der Waals surface area contributed by atoms with Crippen LogP contribution in [0.5, 0.6) is 11.5 Å². The Hall–Kier alpha value is -1.36. The molecule has 0 fully saturated rings. The van der Waals surface area contributed by atoms with Gasteiger partial charge >= 0.3 is 0 Å². The first-order valence-electron chi connectivity index (χ1n) is 5.07. The maximum absolute atomic E-state index is 10.3. The smallest absolute Gasteiger partial charge is 0.161 e. The number of benzene rings is 1. The van der Waals surface area contributed by atoms with Crippen molar-refractivity contribution >= 4 is 17.7 Å². The molecule has 0 saturated heterocycles. The van der Waals surface area contributed by atoms with Crippen LogP contribution in [0.1, 0.15) is 11.1 Å². The van der Waals surface area contributed by atoms with Gasteiger partial charge in [0.2, 0.25) is 0 Å². The van der Waals surface area contributed by atoms with Gasteiger partial charge in [0.05, 0.1) is 20.2 Å². The van der Waals surface area contributed by atoms with E-state index in [-0.39, 0.29) is 5.75 Å². The Morgan fingerprint density at radius 3 is 2.41 bits per heavy atom. The first kappa shape index (κ1) is 13.7. The number of ether oxygens (including phenoxy) is 2. The average Bonchev–Trinajstić information content (AvgIpc) is 2.30. The summed E-state index contributed by atoms with van der Waals surface area (Å²) in [7, 11) is 3.16. The van der Waals surface area contributed by atoms with Crippen molar-refractivity contribution in [3.8, 4) is 11.5 Å². The fourth-order valence-electron chi connectivity index (χ4n) is 1.42. The van der Waals surface area contributed by atoms with Crippen LogP contribution < -0.4 is 14.6 Å². The molecule has 0 bridgehead atoms. The van der Waals surface area contributed by atoms with Crippen LogP contribution in [-0.4, -0.2) is 25.9 Å². The maximum Gasteiger partial charge on any atom is 0.161 e. The predicted molar refractivity (Wildman–Crippen MR) is 65.5 cm³/mol. The topological polar surface area (TPSA) is 58.6 Å². The second kappa shape index (κ2) is 6.39. The molecule has 0 unspecified atom stereocenters. The van der Waals surface area contributed by atoms with E-state index in [1.807, 2.05) is 19.1 Å². The summed E-state index contributed by atoms with van der Waals surface area (Å²) in [6.45, 7) is 1.96. The van der Waals surface area contributed by atoms with E-state index >= 15 is 0 Å². The van der Waals surface area contributed by atoms with Gasteiger partial charge in [0.25, 0.3) is 0 Å². The Labute approximate surface area is 105 Å². The fraction of sp³-hybridized carbons (Fsp3) is 0.417. The third-order valence-corrected chi connectivity index (χ3v) is 3.27. The standard InChI is InChI=1S/C12H16O4S/c1-8-4-10(15-2)11(16-3)5-9(8)6-17-7-12(13)14/h4-5H,6-7H2,1-3H3,(H,13,14)/p-1. The molecule has 0 spiro atoms. The van der Waals surface area contributed by atoms with Crippen LogP contribution in [0, 0.1) is 6.92 Å². The number of thioether (sulfide) groups is 1. The molecule has 0 N–H and O–H groups in total. The van der Waals surface area contributed by atoms with Crippen molar-refractivity contribution in [3.05, 3.63) is 23.3 Å². The summed E-state index contributed by atoms with van der Waals surface area (Å²) in [6.07, 6.45) is 0. The Kier molecular flexibility index (Phi) is 5.15. The molecule has 0 amide bonds. The van der Waals surface area contributed by atoms with Crippen molar-refractivity contribution < 1.29 is 19.4 Å². The first-order chi connectivity index (χ1) is 8.08. The van der Waals surface area contributed by atoms with E-state index in [1.54, 1.807) is 14.2 Å². The average molecular weight is 255 g/mol. The molecule has 1 aromatic rings. The second-order valence-electron chi connectivity index (χ2n) is 3.50. The molecule has 1 rings (SSSR count). The zero-order valence-corrected chi connectivity index (χ0v) is 10.9. The predicted octanol–water partition coefficient (Wildman–Crippen LogP) is 0.995. The Morgan fingerprint density at radius 2 is 1.88 bits per heavy atom. The lowest BCUT2D eigenvalue weighted by molar-refractivity contribution is -0.301. The van der Waals surface area contributed by atoms with Crippen LogP contribution in [0.4, 0.5) is 0 Å². The van der Waals surface area contributed by atoms with E-state index in [1.165, 1.54) is 11.8 Å². The number of carboxylic acid groups (broad SMARTS) is 1. The molecule has 0 aliphatic heterocycles. The second-order valence-corrected chi connectivity index (χ2v) is 4.48. The quantitative estimate of drug-likeness (QED) is 0.759. The molecule has 5 heteroatoms. The van der Waals surface area contributed by atoms with E-state index in [2.05, 4.69) is 0 Å². The number of rotatable bonds is 6. The molecule has 0 atom stereocenters. The van der Waals surface area contributed by atoms with Gasteiger partial charge in [0.1, 0.15) is 0 Å². The molecule has 1 aromatic carbocycles. The monoisotopic (exact) mass is 255 g/mol. The van der Waals surface area contributed by atoms with Gasteiger partial charge in [-0.05, 0) is 30.2 Å². The number of carbonyl (C=O) groups is 1. The van der Waals surface area contributed by atoms with Gasteiger partial charge in [-0.1, -0.05) is 0 Å². The lowest BCUT2D eigenvalue weighted by atomic mass is 10.1. The minimum atomic E-state index is -1.05. The molecule has 0 aromatic heterocycles. The fourth-order valence-corrected chi connectivity index (χ4v) is 2.22. The molecule has 0 radical (unpaired) electrons. The van der Waals surface area contributed by atoms with E-state index < -0.39 is 5.97 Å². The van der Waals surface area contributed by atoms with E-state index in [0.717, 1.165) is 11.1 Å². The van der Waals surface area contributed by atoms with Crippen molar-refractivity contribution in [1.82, 2.24) is 0 Å². The van der Waals surface area contributed by atoms with Gasteiger partial charge in [0, 0.05) is 11.5 Å². The van der Waals surface area contributed by atoms with E-state index in [9.17, 15) is 9.90 Å². The summed E-state index contributed by atoms with van der Waals surface area (Å²) in [6, 6.07) is 3.75. The number of aliphatic carboxylic acids is 1. The molecular formula is C12H15O4S-. The first-order valence-corrected chi connectivity index (χ1v) is 6.23. The highest BCUT2D eigenvalue weighted by molar-refractivity contribution is 7.99. The zero-order chi connectivity index (χ0) is 12.8. The number of hydrogen-bond donors (Lipinski definition) is 0. The van der Waals surface area contributed by atoms with Crippen molar-refractivity contribution in [1.29, 1.82) is 0 Å². The van der Waals surface area contributed by atoms with Crippen LogP contribution in [-0.2, 0) is 10.5 Å². The summed E-state index contributed by atoms with van der Waals surface area (Å²) < 4.78 is 10.4. The summed E-state index contributed by atoms with van der Waals surface area (Å²) in [4.78, 5) is 10.3. The molecule has 94 valence electrons. The summed E-state index contributed by atoms with van der Waals surface area (Å²) in [5.41, 5.74) is 2.09. The van der Waals surface area contributed by atoms with Crippen LogP contribution >= 0.6 is 11.8 Å². The summed E-state index contributed by atoms with van der Waals surface area (Å²) in [5.74, 6) is 0.891. The molecule has 17 heavy (non-hydrogen) atoms. The SMILES string of the molecule is COc1cc(C)c(CSCC(=O)[O-])cc1OC. The van der Waals surface area contributed by atoms with E-state index in [0.29, 0.717) is 17.3 Å². The van der Waals surface area contributed by atoms with Crippen LogP contribution in [0.3, 0.4) is 0 Å². The molecule has 0 heterocycles. The minimum Gasteiger partial charge on any atom is -0.549 e. The number of methoxy groups -OCH3 is 2. The molecular weight excluding hydrogens is 240 g/mol. The van der Waals surface area contributed by atoms with Gasteiger partial charge in [-0.15, -0.1) is 0 Å². The highest BCUT2D eigenvalue weighted by Crippen LogP contribution is 2.31. The van der Waals surface area contributed by atoms with E-state index in [4.69, 9.17) is 9.47 Å². The van der Waals surface area contributed by atoms with Gasteiger partial charge in [-0.2, -0.15) is 11.8 Å². The van der Waals surface area contributed by atoms with Crippen LogP contribution in [0.15, 0.2) is 12.1 Å². The van der Waals surface area contributed by atoms with Gasteiger partial charge in [0.15, 0.2) is 11.5 Å². The number of hydrogen-bond acceptors (Lipinski definition) is 5. The Morgan fingerprint density at radius 1 is 1.29 bits per heavy atom. The molecule has 0 saturated carbocycles. The number of carboxylic acids is 1. The van der Waals surface area contributed by atoms with Crippen LogP contribution in [0.2, 0.25) is 0 Å². The largest absolute Gasteiger partial charge is 0.549 e. The van der Waals surface area contributed by atoms with Crippen molar-refractivity contribution in [2.45, 2.75) is 12.7 Å². The molecule has 0 aliphatic carbocycles. The van der Waals surface area contributed by atoms with Gasteiger partial charge in [-0.25, -0.2) is 0 Å².